The lowest BCUT2D eigenvalue weighted by Gasteiger charge is -2.15. The van der Waals surface area contributed by atoms with E-state index in [-0.39, 0.29) is 11.8 Å². The number of benzene rings is 3. The van der Waals surface area contributed by atoms with Gasteiger partial charge < -0.3 is 10.2 Å². The second kappa shape index (κ2) is 6.92. The second-order valence-electron chi connectivity index (χ2n) is 6.33. The van der Waals surface area contributed by atoms with Crippen molar-refractivity contribution in [3.63, 3.8) is 0 Å². The van der Waals surface area contributed by atoms with Crippen molar-refractivity contribution in [2.24, 2.45) is 0 Å². The fourth-order valence-electron chi connectivity index (χ4n) is 3.24. The molecule has 4 rings (SSSR count). The number of anilines is 2. The summed E-state index contributed by atoms with van der Waals surface area (Å²) in [6, 6.07) is 19.0. The van der Waals surface area contributed by atoms with E-state index in [1.54, 1.807) is 17.0 Å². The minimum atomic E-state index is -0.168. The summed E-state index contributed by atoms with van der Waals surface area (Å²) in [7, 11) is 0. The molecule has 1 heterocycles. The van der Waals surface area contributed by atoms with Gasteiger partial charge in [-0.1, -0.05) is 34.1 Å². The summed E-state index contributed by atoms with van der Waals surface area (Å²) in [6.45, 7) is 0.747. The number of halogens is 1. The van der Waals surface area contributed by atoms with Gasteiger partial charge in [0.05, 0.1) is 0 Å². The molecule has 0 saturated carbocycles. The van der Waals surface area contributed by atoms with E-state index >= 15 is 0 Å². The van der Waals surface area contributed by atoms with Crippen molar-refractivity contribution >= 4 is 49.9 Å². The molecule has 1 saturated heterocycles. The van der Waals surface area contributed by atoms with Crippen molar-refractivity contribution in [1.82, 2.24) is 0 Å². The van der Waals surface area contributed by atoms with E-state index in [9.17, 15) is 9.59 Å². The minimum Gasteiger partial charge on any atom is -0.322 e. The Morgan fingerprint density at radius 1 is 1.04 bits per heavy atom. The van der Waals surface area contributed by atoms with Gasteiger partial charge in [0.2, 0.25) is 5.91 Å². The number of amides is 2. The molecule has 26 heavy (non-hydrogen) atoms. The second-order valence-corrected chi connectivity index (χ2v) is 7.18. The number of carbonyl (C=O) groups is 2. The number of nitrogens with one attached hydrogen (secondary N) is 1. The van der Waals surface area contributed by atoms with Crippen LogP contribution in [-0.2, 0) is 4.79 Å². The van der Waals surface area contributed by atoms with Crippen LogP contribution in [0.1, 0.15) is 23.2 Å². The largest absolute Gasteiger partial charge is 0.322 e. The van der Waals surface area contributed by atoms with Crippen LogP contribution < -0.4 is 10.2 Å². The molecular weight excluding hydrogens is 392 g/mol. The third kappa shape index (κ3) is 3.22. The molecule has 0 atom stereocenters. The van der Waals surface area contributed by atoms with Gasteiger partial charge in [0.1, 0.15) is 0 Å². The first-order valence-electron chi connectivity index (χ1n) is 8.52. The van der Waals surface area contributed by atoms with E-state index in [2.05, 4.69) is 21.2 Å². The predicted octanol–water partition coefficient (Wildman–Crippen LogP) is 4.98. The molecule has 0 radical (unpaired) electrons. The van der Waals surface area contributed by atoms with Crippen LogP contribution in [0.4, 0.5) is 11.4 Å². The molecule has 1 aliphatic heterocycles. The van der Waals surface area contributed by atoms with Crippen molar-refractivity contribution < 1.29 is 9.59 Å². The standard InChI is InChI=1S/C21H17BrN2O2/c22-19-4-1-3-15-13-16(8-11-18(15)19)23-21(26)14-6-9-17(10-7-14)24-12-2-5-20(24)25/h1,3-4,6-11,13H,2,5,12H2,(H,23,26). The van der Waals surface area contributed by atoms with E-state index < -0.39 is 0 Å². The molecule has 1 fully saturated rings. The number of rotatable bonds is 3. The molecule has 1 aliphatic rings. The van der Waals surface area contributed by atoms with Crippen LogP contribution >= 0.6 is 15.9 Å². The van der Waals surface area contributed by atoms with Crippen LogP contribution in [0.2, 0.25) is 0 Å². The first-order valence-corrected chi connectivity index (χ1v) is 9.31. The molecule has 0 bridgehead atoms. The zero-order valence-corrected chi connectivity index (χ0v) is 15.6. The zero-order chi connectivity index (χ0) is 18.1. The first-order chi connectivity index (χ1) is 12.6. The van der Waals surface area contributed by atoms with Crippen LogP contribution in [0, 0.1) is 0 Å². The average Bonchev–Trinajstić information content (AvgIpc) is 3.08. The monoisotopic (exact) mass is 408 g/mol. The fourth-order valence-corrected chi connectivity index (χ4v) is 3.75. The highest BCUT2D eigenvalue weighted by Gasteiger charge is 2.21. The van der Waals surface area contributed by atoms with Crippen molar-refractivity contribution in [2.75, 3.05) is 16.8 Å². The van der Waals surface area contributed by atoms with E-state index in [0.29, 0.717) is 12.0 Å². The molecule has 1 N–H and O–H groups in total. The Labute approximate surface area is 159 Å². The molecule has 0 aromatic heterocycles. The maximum atomic E-state index is 12.5. The Balaban J connectivity index is 1.52. The maximum Gasteiger partial charge on any atom is 0.255 e. The molecule has 3 aromatic rings. The fraction of sp³-hybridized carbons (Fsp3) is 0.143. The van der Waals surface area contributed by atoms with Gasteiger partial charge in [0.25, 0.3) is 5.91 Å². The first kappa shape index (κ1) is 16.8. The van der Waals surface area contributed by atoms with E-state index in [4.69, 9.17) is 0 Å². The Kier molecular flexibility index (Phi) is 4.47. The van der Waals surface area contributed by atoms with E-state index in [1.165, 1.54) is 0 Å². The molecule has 0 unspecified atom stereocenters. The van der Waals surface area contributed by atoms with Crippen LogP contribution in [0.25, 0.3) is 10.8 Å². The number of hydrogen-bond acceptors (Lipinski definition) is 2. The van der Waals surface area contributed by atoms with Gasteiger partial charge >= 0.3 is 0 Å². The molecule has 5 heteroatoms. The van der Waals surface area contributed by atoms with Crippen LogP contribution in [0.3, 0.4) is 0 Å². The average molecular weight is 409 g/mol. The highest BCUT2D eigenvalue weighted by molar-refractivity contribution is 9.10. The highest BCUT2D eigenvalue weighted by Crippen LogP contribution is 2.27. The summed E-state index contributed by atoms with van der Waals surface area (Å²) in [5, 5.41) is 5.09. The smallest absolute Gasteiger partial charge is 0.255 e. The lowest BCUT2D eigenvalue weighted by molar-refractivity contribution is -0.117. The molecule has 0 aliphatic carbocycles. The van der Waals surface area contributed by atoms with Gasteiger partial charge in [-0.15, -0.1) is 0 Å². The van der Waals surface area contributed by atoms with Gasteiger partial charge in [-0.2, -0.15) is 0 Å². The SMILES string of the molecule is O=C(Nc1ccc2c(Br)cccc2c1)c1ccc(N2CCCC2=O)cc1. The summed E-state index contributed by atoms with van der Waals surface area (Å²) < 4.78 is 1.03. The number of nitrogens with zero attached hydrogens (tertiary/aromatic N) is 1. The normalized spacial score (nSPS) is 14.0. The summed E-state index contributed by atoms with van der Waals surface area (Å²) in [5.74, 6) is -0.0248. The third-order valence-corrected chi connectivity index (χ3v) is 5.29. The zero-order valence-electron chi connectivity index (χ0n) is 14.0. The van der Waals surface area contributed by atoms with Gasteiger partial charge in [-0.05, 0) is 59.7 Å². The summed E-state index contributed by atoms with van der Waals surface area (Å²) in [4.78, 5) is 26.1. The Bertz CT molecular complexity index is 999. The Morgan fingerprint density at radius 3 is 2.58 bits per heavy atom. The third-order valence-electron chi connectivity index (χ3n) is 4.60. The highest BCUT2D eigenvalue weighted by atomic mass is 79.9. The van der Waals surface area contributed by atoms with Crippen LogP contribution in [-0.4, -0.2) is 18.4 Å². The lowest BCUT2D eigenvalue weighted by atomic mass is 10.1. The Hall–Kier alpha value is -2.66. The molecule has 0 spiro atoms. The van der Waals surface area contributed by atoms with Gasteiger partial charge in [-0.3, -0.25) is 9.59 Å². The van der Waals surface area contributed by atoms with Gasteiger partial charge in [0, 0.05) is 34.4 Å². The van der Waals surface area contributed by atoms with E-state index in [1.807, 2.05) is 48.5 Å². The molecule has 2 amide bonds. The molecular formula is C21H17BrN2O2. The van der Waals surface area contributed by atoms with Gasteiger partial charge in [0.15, 0.2) is 0 Å². The summed E-state index contributed by atoms with van der Waals surface area (Å²) >= 11 is 3.53. The predicted molar refractivity (Wildman–Crippen MR) is 108 cm³/mol. The maximum absolute atomic E-state index is 12.5. The Morgan fingerprint density at radius 2 is 1.85 bits per heavy atom. The topological polar surface area (TPSA) is 49.4 Å². The number of carbonyl (C=O) groups excluding carboxylic acids is 2. The molecule has 3 aromatic carbocycles. The van der Waals surface area contributed by atoms with Crippen molar-refractivity contribution in [1.29, 1.82) is 0 Å². The molecule has 130 valence electrons. The minimum absolute atomic E-state index is 0.143. The number of fused-ring (bicyclic) bond motifs is 1. The van der Waals surface area contributed by atoms with Crippen molar-refractivity contribution in [2.45, 2.75) is 12.8 Å². The van der Waals surface area contributed by atoms with Gasteiger partial charge in [-0.25, -0.2) is 0 Å². The summed E-state index contributed by atoms with van der Waals surface area (Å²) in [5.41, 5.74) is 2.16. The van der Waals surface area contributed by atoms with Crippen LogP contribution in [0.5, 0.6) is 0 Å². The quantitative estimate of drug-likeness (QED) is 0.663. The summed E-state index contributed by atoms with van der Waals surface area (Å²) in [6.07, 6.45) is 1.49. The van der Waals surface area contributed by atoms with Crippen LogP contribution in [0.15, 0.2) is 65.1 Å². The number of hydrogen-bond donors (Lipinski definition) is 1. The van der Waals surface area contributed by atoms with Crippen molar-refractivity contribution in [3.8, 4) is 0 Å². The van der Waals surface area contributed by atoms with Crippen molar-refractivity contribution in [3.05, 3.63) is 70.7 Å². The lowest BCUT2D eigenvalue weighted by Crippen LogP contribution is -2.23. The molecule has 4 nitrogen and oxygen atoms in total. The van der Waals surface area contributed by atoms with E-state index in [0.717, 1.165) is 39.6 Å².